The highest BCUT2D eigenvalue weighted by Gasteiger charge is 2.10. The standard InChI is InChI=1S/C11H14N4/c1-8-11(9-3-5-13-6-4-9)14-10(7-12)15(8)2/h3-6H,7,12H2,1-2H3. The average Bonchev–Trinajstić information content (AvgIpc) is 2.57. The van der Waals surface area contributed by atoms with Crippen LogP contribution < -0.4 is 5.73 Å². The van der Waals surface area contributed by atoms with E-state index >= 15 is 0 Å². The first kappa shape index (κ1) is 9.86. The molecule has 4 heteroatoms. The Labute approximate surface area is 88.8 Å². The zero-order chi connectivity index (χ0) is 10.8. The van der Waals surface area contributed by atoms with Crippen molar-refractivity contribution in [2.24, 2.45) is 12.8 Å². The summed E-state index contributed by atoms with van der Waals surface area (Å²) >= 11 is 0. The van der Waals surface area contributed by atoms with Gasteiger partial charge in [0, 0.05) is 30.7 Å². The highest BCUT2D eigenvalue weighted by molar-refractivity contribution is 5.61. The van der Waals surface area contributed by atoms with Crippen molar-refractivity contribution in [2.45, 2.75) is 13.5 Å². The molecular formula is C11H14N4. The summed E-state index contributed by atoms with van der Waals surface area (Å²) in [5, 5.41) is 0. The first-order valence-corrected chi connectivity index (χ1v) is 4.86. The summed E-state index contributed by atoms with van der Waals surface area (Å²) in [5.41, 5.74) is 8.81. The molecule has 0 amide bonds. The predicted octanol–water partition coefficient (Wildman–Crippen LogP) is 1.25. The zero-order valence-corrected chi connectivity index (χ0v) is 8.94. The fourth-order valence-corrected chi connectivity index (χ4v) is 1.60. The van der Waals surface area contributed by atoms with Crippen LogP contribution in [0.5, 0.6) is 0 Å². The number of hydrogen-bond donors (Lipinski definition) is 1. The first-order valence-electron chi connectivity index (χ1n) is 4.86. The molecule has 4 nitrogen and oxygen atoms in total. The Morgan fingerprint density at radius 2 is 2.00 bits per heavy atom. The van der Waals surface area contributed by atoms with E-state index in [-0.39, 0.29) is 0 Å². The van der Waals surface area contributed by atoms with Crippen molar-refractivity contribution in [1.82, 2.24) is 14.5 Å². The topological polar surface area (TPSA) is 56.7 Å². The maximum Gasteiger partial charge on any atom is 0.123 e. The van der Waals surface area contributed by atoms with Crippen LogP contribution in [0.15, 0.2) is 24.5 Å². The van der Waals surface area contributed by atoms with Gasteiger partial charge in [-0.25, -0.2) is 4.98 Å². The van der Waals surface area contributed by atoms with E-state index < -0.39 is 0 Å². The molecule has 2 aromatic rings. The fraction of sp³-hybridized carbons (Fsp3) is 0.273. The van der Waals surface area contributed by atoms with Gasteiger partial charge in [-0.2, -0.15) is 0 Å². The van der Waals surface area contributed by atoms with Crippen molar-refractivity contribution in [2.75, 3.05) is 0 Å². The Hall–Kier alpha value is -1.68. The van der Waals surface area contributed by atoms with Gasteiger partial charge in [-0.3, -0.25) is 4.98 Å². The van der Waals surface area contributed by atoms with Crippen molar-refractivity contribution in [1.29, 1.82) is 0 Å². The van der Waals surface area contributed by atoms with Crippen LogP contribution in [0.4, 0.5) is 0 Å². The molecule has 2 rings (SSSR count). The van der Waals surface area contributed by atoms with E-state index in [1.165, 1.54) is 0 Å². The van der Waals surface area contributed by atoms with Gasteiger partial charge in [-0.15, -0.1) is 0 Å². The van der Waals surface area contributed by atoms with Crippen LogP contribution in [0.3, 0.4) is 0 Å². The first-order chi connectivity index (χ1) is 7.24. The third-order valence-electron chi connectivity index (χ3n) is 2.61. The molecule has 0 saturated carbocycles. The Morgan fingerprint density at radius 1 is 1.33 bits per heavy atom. The van der Waals surface area contributed by atoms with E-state index in [0.29, 0.717) is 6.54 Å². The van der Waals surface area contributed by atoms with Crippen LogP contribution in [-0.4, -0.2) is 14.5 Å². The molecule has 0 saturated heterocycles. The fourth-order valence-electron chi connectivity index (χ4n) is 1.60. The normalized spacial score (nSPS) is 10.6. The molecule has 0 bridgehead atoms. The number of rotatable bonds is 2. The lowest BCUT2D eigenvalue weighted by Gasteiger charge is -2.00. The maximum absolute atomic E-state index is 5.62. The summed E-state index contributed by atoms with van der Waals surface area (Å²) in [6.07, 6.45) is 3.54. The third-order valence-corrected chi connectivity index (χ3v) is 2.61. The number of pyridine rings is 1. The van der Waals surface area contributed by atoms with Gasteiger partial charge in [0.1, 0.15) is 5.82 Å². The van der Waals surface area contributed by atoms with Crippen LogP contribution in [0.25, 0.3) is 11.3 Å². The molecule has 15 heavy (non-hydrogen) atoms. The second kappa shape index (κ2) is 3.82. The molecule has 0 fully saturated rings. The number of aromatic nitrogens is 3. The SMILES string of the molecule is Cc1c(-c2ccncc2)nc(CN)n1C. The minimum absolute atomic E-state index is 0.461. The molecule has 0 radical (unpaired) electrons. The van der Waals surface area contributed by atoms with Crippen LogP contribution in [-0.2, 0) is 13.6 Å². The second-order valence-electron chi connectivity index (χ2n) is 3.46. The summed E-state index contributed by atoms with van der Waals surface area (Å²) in [5.74, 6) is 0.902. The minimum atomic E-state index is 0.461. The van der Waals surface area contributed by atoms with E-state index in [0.717, 1.165) is 22.8 Å². The molecule has 2 heterocycles. The molecule has 0 aliphatic carbocycles. The highest BCUT2D eigenvalue weighted by Crippen LogP contribution is 2.21. The van der Waals surface area contributed by atoms with Gasteiger partial charge in [-0.05, 0) is 19.1 Å². The summed E-state index contributed by atoms with van der Waals surface area (Å²) in [6.45, 7) is 2.50. The van der Waals surface area contributed by atoms with Crippen LogP contribution in [0.2, 0.25) is 0 Å². The summed E-state index contributed by atoms with van der Waals surface area (Å²) in [7, 11) is 1.98. The Bertz CT molecular complexity index is 459. The molecule has 0 aromatic carbocycles. The van der Waals surface area contributed by atoms with Crippen LogP contribution >= 0.6 is 0 Å². The zero-order valence-electron chi connectivity index (χ0n) is 8.94. The Balaban J connectivity index is 2.55. The number of nitrogens with zero attached hydrogens (tertiary/aromatic N) is 3. The van der Waals surface area contributed by atoms with Gasteiger partial charge in [0.15, 0.2) is 0 Å². The van der Waals surface area contributed by atoms with Gasteiger partial charge >= 0.3 is 0 Å². The van der Waals surface area contributed by atoms with Gasteiger partial charge in [0.25, 0.3) is 0 Å². The molecule has 0 aliphatic rings. The van der Waals surface area contributed by atoms with E-state index in [2.05, 4.69) is 9.97 Å². The average molecular weight is 202 g/mol. The largest absolute Gasteiger partial charge is 0.334 e. The highest BCUT2D eigenvalue weighted by atomic mass is 15.1. The summed E-state index contributed by atoms with van der Waals surface area (Å²) in [4.78, 5) is 8.50. The summed E-state index contributed by atoms with van der Waals surface area (Å²) < 4.78 is 2.02. The van der Waals surface area contributed by atoms with Gasteiger partial charge in [0.05, 0.1) is 12.2 Å². The van der Waals surface area contributed by atoms with Crippen molar-refractivity contribution >= 4 is 0 Å². The lowest BCUT2D eigenvalue weighted by atomic mass is 10.2. The minimum Gasteiger partial charge on any atom is -0.334 e. The van der Waals surface area contributed by atoms with Gasteiger partial charge in [-0.1, -0.05) is 0 Å². The summed E-state index contributed by atoms with van der Waals surface area (Å²) in [6, 6.07) is 3.91. The molecule has 78 valence electrons. The Kier molecular flexibility index (Phi) is 2.51. The molecule has 0 atom stereocenters. The number of imidazole rings is 1. The maximum atomic E-state index is 5.62. The van der Waals surface area contributed by atoms with Gasteiger partial charge < -0.3 is 10.3 Å². The predicted molar refractivity (Wildman–Crippen MR) is 59.1 cm³/mol. The van der Waals surface area contributed by atoms with E-state index in [1.807, 2.05) is 30.7 Å². The number of hydrogen-bond acceptors (Lipinski definition) is 3. The smallest absolute Gasteiger partial charge is 0.123 e. The Morgan fingerprint density at radius 3 is 2.53 bits per heavy atom. The van der Waals surface area contributed by atoms with E-state index in [4.69, 9.17) is 5.73 Å². The lowest BCUT2D eigenvalue weighted by molar-refractivity contribution is 0.774. The van der Waals surface area contributed by atoms with E-state index in [9.17, 15) is 0 Å². The van der Waals surface area contributed by atoms with Crippen LogP contribution in [0.1, 0.15) is 11.5 Å². The quantitative estimate of drug-likeness (QED) is 0.797. The van der Waals surface area contributed by atoms with Crippen LogP contribution in [0, 0.1) is 6.92 Å². The molecular weight excluding hydrogens is 188 g/mol. The van der Waals surface area contributed by atoms with E-state index in [1.54, 1.807) is 12.4 Å². The molecule has 0 spiro atoms. The van der Waals surface area contributed by atoms with Crippen molar-refractivity contribution in [3.63, 3.8) is 0 Å². The molecule has 2 aromatic heterocycles. The third kappa shape index (κ3) is 1.64. The van der Waals surface area contributed by atoms with Crippen molar-refractivity contribution in [3.05, 3.63) is 36.0 Å². The van der Waals surface area contributed by atoms with Gasteiger partial charge in [0.2, 0.25) is 0 Å². The molecule has 0 aliphatic heterocycles. The molecule has 2 N–H and O–H groups in total. The second-order valence-corrected chi connectivity index (χ2v) is 3.46. The van der Waals surface area contributed by atoms with Crippen molar-refractivity contribution in [3.8, 4) is 11.3 Å². The molecule has 0 unspecified atom stereocenters. The van der Waals surface area contributed by atoms with Crippen molar-refractivity contribution < 1.29 is 0 Å². The lowest BCUT2D eigenvalue weighted by Crippen LogP contribution is -2.05. The number of nitrogens with two attached hydrogens (primary N) is 1. The monoisotopic (exact) mass is 202 g/mol.